The summed E-state index contributed by atoms with van der Waals surface area (Å²) in [5.41, 5.74) is 0.852. The Balaban J connectivity index is 1.53. The second-order valence-electron chi connectivity index (χ2n) is 7.07. The second kappa shape index (κ2) is 8.23. The maximum Gasteiger partial charge on any atom is 0.294 e. The summed E-state index contributed by atoms with van der Waals surface area (Å²) in [7, 11) is -2.01. The Hall–Kier alpha value is -2.89. The van der Waals surface area contributed by atoms with Gasteiger partial charge in [0.1, 0.15) is 11.4 Å². The summed E-state index contributed by atoms with van der Waals surface area (Å²) in [5, 5.41) is 4.75. The number of aromatic nitrogens is 2. The van der Waals surface area contributed by atoms with Gasteiger partial charge in [-0.3, -0.25) is 0 Å². The SMILES string of the molecule is C[N+](C)(c1ccc(-c2noc(-c3ccc(Oc4cc(Cl)cc(Cl)c4)o3)n2)cc1)S(=O)(=O)[O-]. The Kier molecular flexibility index (Phi) is 5.74. The quantitative estimate of drug-likeness (QED) is 0.267. The molecule has 166 valence electrons. The monoisotopic (exact) mass is 495 g/mol. The minimum absolute atomic E-state index is 0.112. The molecular weight excluding hydrogens is 481 g/mol. The number of hydrogen-bond donors (Lipinski definition) is 0. The van der Waals surface area contributed by atoms with E-state index in [0.29, 0.717) is 27.0 Å². The molecule has 4 aromatic rings. The number of rotatable bonds is 6. The van der Waals surface area contributed by atoms with Crippen molar-refractivity contribution in [3.8, 4) is 34.7 Å². The minimum Gasteiger partial charge on any atom is -0.701 e. The summed E-state index contributed by atoms with van der Waals surface area (Å²) in [6, 6.07) is 14.1. The molecule has 0 radical (unpaired) electrons. The summed E-state index contributed by atoms with van der Waals surface area (Å²) in [4.78, 5) is 4.29. The van der Waals surface area contributed by atoms with Gasteiger partial charge in [-0.2, -0.15) is 13.4 Å². The third-order valence-corrected chi connectivity index (χ3v) is 6.34. The van der Waals surface area contributed by atoms with Crippen LogP contribution in [-0.2, 0) is 10.3 Å². The number of nitrogens with zero attached hydrogens (tertiary/aromatic N) is 3. The first-order chi connectivity index (χ1) is 15.0. The van der Waals surface area contributed by atoms with Crippen LogP contribution in [0.4, 0.5) is 5.69 Å². The lowest BCUT2D eigenvalue weighted by Crippen LogP contribution is -2.46. The molecule has 0 atom stereocenters. The highest BCUT2D eigenvalue weighted by molar-refractivity contribution is 7.85. The first-order valence-electron chi connectivity index (χ1n) is 9.02. The molecule has 0 aliphatic heterocycles. The smallest absolute Gasteiger partial charge is 0.294 e. The number of benzene rings is 2. The van der Waals surface area contributed by atoms with Crippen LogP contribution in [0.15, 0.2) is 63.5 Å². The van der Waals surface area contributed by atoms with Gasteiger partial charge in [-0.15, -0.1) is 0 Å². The van der Waals surface area contributed by atoms with Gasteiger partial charge >= 0.3 is 0 Å². The van der Waals surface area contributed by atoms with Gasteiger partial charge in [0.2, 0.25) is 5.82 Å². The highest BCUT2D eigenvalue weighted by Gasteiger charge is 2.27. The number of quaternary nitrogens is 1. The zero-order chi connectivity index (χ0) is 23.1. The molecule has 2 aromatic carbocycles. The van der Waals surface area contributed by atoms with E-state index in [0.717, 1.165) is 0 Å². The van der Waals surface area contributed by atoms with Gasteiger partial charge in [0.15, 0.2) is 5.76 Å². The molecule has 0 saturated carbocycles. The Labute approximate surface area is 193 Å². The molecule has 2 heterocycles. The lowest BCUT2D eigenvalue weighted by atomic mass is 10.2. The minimum atomic E-state index is -4.59. The first kappa shape index (κ1) is 22.3. The third-order valence-electron chi connectivity index (χ3n) is 4.58. The molecule has 0 unspecified atom stereocenters. The third kappa shape index (κ3) is 4.50. The van der Waals surface area contributed by atoms with Gasteiger partial charge in [0, 0.05) is 33.8 Å². The van der Waals surface area contributed by atoms with Crippen LogP contribution < -0.4 is 8.63 Å². The molecule has 4 rings (SSSR count). The number of halogens is 2. The molecule has 32 heavy (non-hydrogen) atoms. The van der Waals surface area contributed by atoms with Crippen molar-refractivity contribution in [2.24, 2.45) is 0 Å². The van der Waals surface area contributed by atoms with Crippen molar-refractivity contribution in [1.82, 2.24) is 14.0 Å². The zero-order valence-corrected chi connectivity index (χ0v) is 19.0. The van der Waals surface area contributed by atoms with E-state index in [2.05, 4.69) is 10.1 Å². The van der Waals surface area contributed by atoms with Gasteiger partial charge in [-0.25, -0.2) is 3.89 Å². The van der Waals surface area contributed by atoms with Gasteiger partial charge < -0.3 is 18.2 Å². The molecule has 0 saturated heterocycles. The van der Waals surface area contributed by atoms with Crippen molar-refractivity contribution in [1.29, 1.82) is 0 Å². The van der Waals surface area contributed by atoms with Crippen molar-refractivity contribution in [3.05, 3.63) is 64.6 Å². The molecule has 0 fully saturated rings. The zero-order valence-electron chi connectivity index (χ0n) is 16.7. The molecule has 0 spiro atoms. The molecule has 0 aliphatic rings. The molecule has 0 bridgehead atoms. The van der Waals surface area contributed by atoms with Crippen LogP contribution in [0.5, 0.6) is 11.7 Å². The van der Waals surface area contributed by atoms with E-state index in [-0.39, 0.29) is 23.4 Å². The second-order valence-corrected chi connectivity index (χ2v) is 9.72. The number of hydrogen-bond acceptors (Lipinski definition) is 8. The fraction of sp³-hybridized carbons (Fsp3) is 0.100. The summed E-state index contributed by atoms with van der Waals surface area (Å²) >= 11 is 11.9. The average molecular weight is 496 g/mol. The maximum absolute atomic E-state index is 11.5. The van der Waals surface area contributed by atoms with E-state index in [1.165, 1.54) is 26.2 Å². The highest BCUT2D eigenvalue weighted by atomic mass is 35.5. The molecule has 0 amide bonds. The lowest BCUT2D eigenvalue weighted by molar-refractivity contribution is 0.342. The first-order valence-corrected chi connectivity index (χ1v) is 11.1. The van der Waals surface area contributed by atoms with Crippen LogP contribution in [0.25, 0.3) is 23.0 Å². The Morgan fingerprint density at radius 1 is 1.00 bits per heavy atom. The van der Waals surface area contributed by atoms with E-state index in [1.54, 1.807) is 42.5 Å². The normalized spacial score (nSPS) is 12.2. The molecule has 0 N–H and O–H groups in total. The van der Waals surface area contributed by atoms with Crippen LogP contribution in [0, 0.1) is 0 Å². The fourth-order valence-corrected chi connectivity index (χ4v) is 3.62. The van der Waals surface area contributed by atoms with Crippen molar-refractivity contribution in [2.75, 3.05) is 14.1 Å². The van der Waals surface area contributed by atoms with Crippen LogP contribution in [0.3, 0.4) is 0 Å². The standard InChI is InChI=1S/C20H15Cl2N3O6S/c1-25(2,32(26,27)28)15-5-3-12(4-6-15)19-23-20(31-24-19)17-7-8-18(30-17)29-16-10-13(21)9-14(22)11-16/h3-11H,1-2H3. The van der Waals surface area contributed by atoms with Gasteiger partial charge in [-0.05, 0) is 36.4 Å². The fourth-order valence-electron chi connectivity index (χ4n) is 2.73. The average Bonchev–Trinajstić information content (AvgIpc) is 3.36. The van der Waals surface area contributed by atoms with Crippen molar-refractivity contribution in [3.63, 3.8) is 0 Å². The Morgan fingerprint density at radius 2 is 1.66 bits per heavy atom. The van der Waals surface area contributed by atoms with E-state index in [9.17, 15) is 13.0 Å². The molecule has 0 aliphatic carbocycles. The predicted octanol–water partition coefficient (Wildman–Crippen LogP) is 5.12. The maximum atomic E-state index is 11.5. The Bertz CT molecular complexity index is 1360. The predicted molar refractivity (Wildman–Crippen MR) is 117 cm³/mol. The molecule has 9 nitrogen and oxygen atoms in total. The number of ether oxygens (including phenoxy) is 1. The van der Waals surface area contributed by atoms with Gasteiger partial charge in [0.05, 0.1) is 14.1 Å². The molecule has 12 heteroatoms. The number of furan rings is 1. The van der Waals surface area contributed by atoms with Crippen LogP contribution in [0.2, 0.25) is 10.0 Å². The molecule has 2 aromatic heterocycles. The van der Waals surface area contributed by atoms with Crippen LogP contribution in [0.1, 0.15) is 0 Å². The summed E-state index contributed by atoms with van der Waals surface area (Å²) in [6.45, 7) is 0. The van der Waals surface area contributed by atoms with E-state index in [4.69, 9.17) is 36.9 Å². The van der Waals surface area contributed by atoms with Crippen molar-refractivity contribution < 1.29 is 26.6 Å². The lowest BCUT2D eigenvalue weighted by Gasteiger charge is -2.30. The van der Waals surface area contributed by atoms with E-state index >= 15 is 0 Å². The van der Waals surface area contributed by atoms with Crippen LogP contribution >= 0.6 is 23.2 Å². The topological polar surface area (TPSA) is 118 Å². The molecular formula is C20H15Cl2N3O6S. The van der Waals surface area contributed by atoms with Crippen molar-refractivity contribution in [2.45, 2.75) is 0 Å². The summed E-state index contributed by atoms with van der Waals surface area (Å²) < 4.78 is 50.0. The highest BCUT2D eigenvalue weighted by Crippen LogP contribution is 2.33. The van der Waals surface area contributed by atoms with Gasteiger partial charge in [-0.1, -0.05) is 28.4 Å². The van der Waals surface area contributed by atoms with E-state index < -0.39 is 14.2 Å². The van der Waals surface area contributed by atoms with Gasteiger partial charge in [0.25, 0.3) is 22.1 Å². The largest absolute Gasteiger partial charge is 0.701 e. The Morgan fingerprint density at radius 3 is 2.28 bits per heavy atom. The van der Waals surface area contributed by atoms with E-state index in [1.807, 2.05) is 0 Å². The summed E-state index contributed by atoms with van der Waals surface area (Å²) in [5.74, 6) is 1.21. The summed E-state index contributed by atoms with van der Waals surface area (Å²) in [6.07, 6.45) is 0. The van der Waals surface area contributed by atoms with Crippen molar-refractivity contribution >= 4 is 39.2 Å². The van der Waals surface area contributed by atoms with Crippen LogP contribution in [-0.4, -0.2) is 37.2 Å².